The normalized spacial score (nSPS) is 23.0. The Balaban J connectivity index is 1.43. The first-order valence-electron chi connectivity index (χ1n) is 9.34. The second-order valence-corrected chi connectivity index (χ2v) is 7.86. The van der Waals surface area contributed by atoms with E-state index in [4.69, 9.17) is 4.74 Å². The molecule has 0 aliphatic carbocycles. The number of urea groups is 1. The maximum Gasteiger partial charge on any atom is 0.317 e. The van der Waals surface area contributed by atoms with Crippen molar-refractivity contribution in [3.05, 3.63) is 35.6 Å². The lowest BCUT2D eigenvalue weighted by molar-refractivity contribution is -0.0136. The van der Waals surface area contributed by atoms with Crippen LogP contribution in [0.3, 0.4) is 0 Å². The summed E-state index contributed by atoms with van der Waals surface area (Å²) in [4.78, 5) is 26.6. The maximum absolute atomic E-state index is 13.0. The monoisotopic (exact) mass is 362 g/mol. The van der Waals surface area contributed by atoms with E-state index < -0.39 is 0 Å². The van der Waals surface area contributed by atoms with Crippen molar-refractivity contribution in [1.82, 2.24) is 10.2 Å². The van der Waals surface area contributed by atoms with Crippen molar-refractivity contribution in [2.24, 2.45) is 5.92 Å². The van der Waals surface area contributed by atoms with E-state index in [1.165, 1.54) is 24.3 Å². The Morgan fingerprint density at radius 1 is 1.19 bits per heavy atom. The number of carbonyl (C=O) groups is 2. The molecule has 0 radical (unpaired) electrons. The summed E-state index contributed by atoms with van der Waals surface area (Å²) in [6.45, 7) is 5.77. The number of benzene rings is 1. The van der Waals surface area contributed by atoms with E-state index in [1.54, 1.807) is 4.90 Å². The van der Waals surface area contributed by atoms with Crippen LogP contribution in [0.4, 0.5) is 9.18 Å². The third-order valence-electron chi connectivity index (χ3n) is 5.32. The summed E-state index contributed by atoms with van der Waals surface area (Å²) in [5, 5.41) is 2.95. The Bertz CT molecular complexity index is 652. The number of likely N-dealkylation sites (tertiary alicyclic amines) is 1. The molecule has 1 atom stereocenters. The number of halogens is 1. The van der Waals surface area contributed by atoms with E-state index in [0.717, 1.165) is 12.8 Å². The number of hydrogen-bond acceptors (Lipinski definition) is 3. The first kappa shape index (κ1) is 18.8. The minimum atomic E-state index is -0.345. The molecule has 1 aromatic rings. The van der Waals surface area contributed by atoms with E-state index in [2.05, 4.69) is 19.2 Å². The topological polar surface area (TPSA) is 58.6 Å². The standard InChI is InChI=1S/C20H27FN2O3/c1-20(2)10-7-17(26-20)13-22-19(25)23-11-8-15(9-12-23)18(24)14-3-5-16(21)6-4-14/h3-6,15,17H,7-13H2,1-2H3,(H,22,25). The SMILES string of the molecule is CC1(C)CCC(CNC(=O)N2CCC(C(=O)c3ccc(F)cc3)CC2)O1. The number of rotatable bonds is 4. The van der Waals surface area contributed by atoms with Crippen LogP contribution in [-0.2, 0) is 4.74 Å². The van der Waals surface area contributed by atoms with Gasteiger partial charge in [-0.15, -0.1) is 0 Å². The van der Waals surface area contributed by atoms with Gasteiger partial charge in [0.2, 0.25) is 0 Å². The molecule has 1 N–H and O–H groups in total. The van der Waals surface area contributed by atoms with Gasteiger partial charge in [0.15, 0.2) is 5.78 Å². The van der Waals surface area contributed by atoms with Gasteiger partial charge in [0.1, 0.15) is 5.82 Å². The summed E-state index contributed by atoms with van der Waals surface area (Å²) in [5.41, 5.74) is 0.435. The molecule has 0 aromatic heterocycles. The number of ketones is 1. The third kappa shape index (κ3) is 4.61. The van der Waals surface area contributed by atoms with Gasteiger partial charge in [0.25, 0.3) is 0 Å². The minimum absolute atomic E-state index is 0.0339. The molecule has 0 spiro atoms. The summed E-state index contributed by atoms with van der Waals surface area (Å²) in [6.07, 6.45) is 3.31. The Morgan fingerprint density at radius 3 is 2.42 bits per heavy atom. The molecule has 26 heavy (non-hydrogen) atoms. The van der Waals surface area contributed by atoms with Crippen molar-refractivity contribution in [2.45, 2.75) is 51.2 Å². The van der Waals surface area contributed by atoms with Crippen LogP contribution in [0.1, 0.15) is 49.9 Å². The molecule has 2 aliphatic heterocycles. The van der Waals surface area contributed by atoms with Crippen LogP contribution in [0.2, 0.25) is 0 Å². The summed E-state index contributed by atoms with van der Waals surface area (Å²) < 4.78 is 18.9. The lowest BCUT2D eigenvalue weighted by atomic mass is 9.89. The molecule has 0 bridgehead atoms. The predicted molar refractivity (Wildman–Crippen MR) is 96.6 cm³/mol. The number of nitrogens with zero attached hydrogens (tertiary/aromatic N) is 1. The first-order chi connectivity index (χ1) is 12.3. The fourth-order valence-corrected chi connectivity index (χ4v) is 3.73. The molecule has 1 unspecified atom stereocenters. The average molecular weight is 362 g/mol. The number of amides is 2. The second-order valence-electron chi connectivity index (χ2n) is 7.86. The lowest BCUT2D eigenvalue weighted by Crippen LogP contribution is -2.47. The molecule has 2 amide bonds. The van der Waals surface area contributed by atoms with Gasteiger partial charge in [-0.3, -0.25) is 4.79 Å². The Hall–Kier alpha value is -1.95. The third-order valence-corrected chi connectivity index (χ3v) is 5.32. The molecule has 2 heterocycles. The molecule has 142 valence electrons. The van der Waals surface area contributed by atoms with Gasteiger partial charge in [-0.25, -0.2) is 9.18 Å². The van der Waals surface area contributed by atoms with Gasteiger partial charge in [0, 0.05) is 31.1 Å². The lowest BCUT2D eigenvalue weighted by Gasteiger charge is -2.31. The maximum atomic E-state index is 13.0. The smallest absolute Gasteiger partial charge is 0.317 e. The highest BCUT2D eigenvalue weighted by atomic mass is 19.1. The van der Waals surface area contributed by atoms with Crippen molar-refractivity contribution in [3.8, 4) is 0 Å². The van der Waals surface area contributed by atoms with E-state index >= 15 is 0 Å². The Labute approximate surface area is 153 Å². The number of piperidine rings is 1. The molecule has 5 nitrogen and oxygen atoms in total. The quantitative estimate of drug-likeness (QED) is 0.836. The Kier molecular flexibility index (Phi) is 5.61. The van der Waals surface area contributed by atoms with E-state index in [-0.39, 0.29) is 35.3 Å². The van der Waals surface area contributed by atoms with Crippen LogP contribution in [0.5, 0.6) is 0 Å². The van der Waals surface area contributed by atoms with E-state index in [1.807, 2.05) is 0 Å². The van der Waals surface area contributed by atoms with Gasteiger partial charge in [0.05, 0.1) is 11.7 Å². The number of nitrogens with one attached hydrogen (secondary N) is 1. The fourth-order valence-electron chi connectivity index (χ4n) is 3.73. The Morgan fingerprint density at radius 2 is 1.85 bits per heavy atom. The average Bonchev–Trinajstić information content (AvgIpc) is 2.99. The van der Waals surface area contributed by atoms with Crippen LogP contribution >= 0.6 is 0 Å². The van der Waals surface area contributed by atoms with Gasteiger partial charge < -0.3 is 15.0 Å². The largest absolute Gasteiger partial charge is 0.371 e. The predicted octanol–water partition coefficient (Wildman–Crippen LogP) is 3.39. The van der Waals surface area contributed by atoms with Crippen molar-refractivity contribution < 1.29 is 18.7 Å². The van der Waals surface area contributed by atoms with Crippen LogP contribution in [-0.4, -0.2) is 48.1 Å². The van der Waals surface area contributed by atoms with Crippen molar-refractivity contribution in [1.29, 1.82) is 0 Å². The minimum Gasteiger partial charge on any atom is -0.371 e. The highest BCUT2D eigenvalue weighted by Gasteiger charge is 2.32. The van der Waals surface area contributed by atoms with Crippen LogP contribution in [0, 0.1) is 11.7 Å². The zero-order valence-electron chi connectivity index (χ0n) is 15.5. The highest BCUT2D eigenvalue weighted by molar-refractivity contribution is 5.98. The van der Waals surface area contributed by atoms with E-state index in [0.29, 0.717) is 38.0 Å². The number of ether oxygens (including phenoxy) is 1. The summed E-state index contributed by atoms with van der Waals surface area (Å²) in [6, 6.07) is 5.58. The fraction of sp³-hybridized carbons (Fsp3) is 0.600. The van der Waals surface area contributed by atoms with Crippen molar-refractivity contribution in [2.75, 3.05) is 19.6 Å². The molecule has 1 aromatic carbocycles. The summed E-state index contributed by atoms with van der Waals surface area (Å²) >= 11 is 0. The molecule has 6 heteroatoms. The highest BCUT2D eigenvalue weighted by Crippen LogP contribution is 2.29. The number of carbonyl (C=O) groups excluding carboxylic acids is 2. The van der Waals surface area contributed by atoms with Crippen LogP contribution < -0.4 is 5.32 Å². The van der Waals surface area contributed by atoms with Gasteiger partial charge in [-0.1, -0.05) is 0 Å². The number of Topliss-reactive ketones (excluding diaryl/α,β-unsaturated/α-hetero) is 1. The molecule has 3 rings (SSSR count). The van der Waals surface area contributed by atoms with E-state index in [9.17, 15) is 14.0 Å². The molecule has 2 aliphatic rings. The van der Waals surface area contributed by atoms with Gasteiger partial charge >= 0.3 is 6.03 Å². The first-order valence-corrected chi connectivity index (χ1v) is 9.34. The zero-order valence-corrected chi connectivity index (χ0v) is 15.5. The molecular weight excluding hydrogens is 335 g/mol. The summed E-state index contributed by atoms with van der Waals surface area (Å²) in [5.74, 6) is -0.419. The van der Waals surface area contributed by atoms with Gasteiger partial charge in [-0.05, 0) is 63.8 Å². The second kappa shape index (κ2) is 7.74. The van der Waals surface area contributed by atoms with Crippen molar-refractivity contribution in [3.63, 3.8) is 0 Å². The molecular formula is C20H27FN2O3. The van der Waals surface area contributed by atoms with Crippen LogP contribution in [0.15, 0.2) is 24.3 Å². The van der Waals surface area contributed by atoms with Crippen molar-refractivity contribution >= 4 is 11.8 Å². The zero-order chi connectivity index (χ0) is 18.7. The molecule has 2 saturated heterocycles. The molecule has 2 fully saturated rings. The number of hydrogen-bond donors (Lipinski definition) is 1. The summed E-state index contributed by atoms with van der Waals surface area (Å²) in [7, 11) is 0. The molecule has 0 saturated carbocycles. The van der Waals surface area contributed by atoms with Gasteiger partial charge in [-0.2, -0.15) is 0 Å². The van der Waals surface area contributed by atoms with Crippen LogP contribution in [0.25, 0.3) is 0 Å².